The molecule has 0 N–H and O–H groups in total. The van der Waals surface area contributed by atoms with Gasteiger partial charge < -0.3 is 28.4 Å². The van der Waals surface area contributed by atoms with Crippen LogP contribution in [0.5, 0.6) is 17.2 Å². The molecule has 642 valence electrons. The molecule has 0 radical (unpaired) electrons. The van der Waals surface area contributed by atoms with Crippen LogP contribution in [0.1, 0.15) is 145 Å². The maximum Gasteiger partial charge on any atom is 0.344 e. The molecule has 12 aromatic rings. The van der Waals surface area contributed by atoms with Crippen LogP contribution in [0.15, 0.2) is 374 Å². The number of esters is 3. The molecule has 9 fully saturated rings. The van der Waals surface area contributed by atoms with E-state index in [9.17, 15) is 14.4 Å². The number of ether oxygens (including phenoxy) is 6. The molecule has 9 aliphatic carbocycles. The summed E-state index contributed by atoms with van der Waals surface area (Å²) in [5, 5.41) is 0. The molecule has 0 aliphatic heterocycles. The highest BCUT2D eigenvalue weighted by Gasteiger charge is 2.59. The first kappa shape index (κ1) is 88.3. The van der Waals surface area contributed by atoms with E-state index < -0.39 is 0 Å². The average Bonchev–Trinajstić information content (AvgIpc) is 1.07. The first-order valence-electron chi connectivity index (χ1n) is 45.2. The first-order chi connectivity index (χ1) is 60.8. The van der Waals surface area contributed by atoms with Gasteiger partial charge in [0.1, 0.15) is 34.1 Å². The molecule has 0 saturated heterocycles. The van der Waals surface area contributed by atoms with Crippen molar-refractivity contribution >= 4 is 61.5 Å². The summed E-state index contributed by atoms with van der Waals surface area (Å²) in [4.78, 5) is 53.9. The molecule has 13 heteroatoms. The Hall–Kier alpha value is -10.2. The predicted molar refractivity (Wildman–Crippen MR) is 507 cm³/mol. The van der Waals surface area contributed by atoms with Gasteiger partial charge in [-0.3, -0.25) is 0 Å². The van der Waals surface area contributed by atoms with Crippen molar-refractivity contribution in [2.45, 2.75) is 227 Å². The van der Waals surface area contributed by atoms with Gasteiger partial charge in [0.05, 0.1) is 43.6 Å². The van der Waals surface area contributed by atoms with Crippen molar-refractivity contribution in [2.24, 2.45) is 47.3 Å². The van der Waals surface area contributed by atoms with Gasteiger partial charge in [-0.15, -0.1) is 0 Å². The average molecular weight is 1740 g/mol. The number of hydrogen-bond acceptors (Lipinski definition) is 9. The topological polar surface area (TPSA) is 107 Å². The van der Waals surface area contributed by atoms with Gasteiger partial charge >= 0.3 is 17.9 Å². The van der Waals surface area contributed by atoms with Gasteiger partial charge in [-0.1, -0.05) is 170 Å². The lowest BCUT2D eigenvalue weighted by molar-refractivity contribution is -0.205. The third kappa shape index (κ3) is 21.1. The molecule has 9 nitrogen and oxygen atoms in total. The highest BCUT2D eigenvalue weighted by Crippen LogP contribution is 2.61. The molecule has 21 rings (SSSR count). The summed E-state index contributed by atoms with van der Waals surface area (Å²) >= 11 is 0. The van der Waals surface area contributed by atoms with E-state index in [2.05, 4.69) is 359 Å². The fourth-order valence-corrected chi connectivity index (χ4v) is 30.0. The SMILES string of the molecule is CC1(OC(=O)COc2ccc([S+](c3ccccc3)c3ccccc3)cc2)C2CC3CC(C2)CC1C3.CCC1(OC(=O)COc2c(C)cc([S+](c3ccccc3)c3ccccc3)cc2C)CCCC1.Cc1cc([S+](c2ccccc2)c2ccccc2)cc(C)c1OCC(=O)OC1(C)C2CC3CC(C2)CC1C3.Cc1ccc([S+](c2ccccc2)c2ccccc2)cc1. The van der Waals surface area contributed by atoms with Gasteiger partial charge in [0.15, 0.2) is 78.6 Å². The fourth-order valence-electron chi connectivity index (χ4n) is 21.3. The molecule has 0 aromatic heterocycles. The highest BCUT2D eigenvalue weighted by atomic mass is 32.2. The van der Waals surface area contributed by atoms with Crippen LogP contribution < -0.4 is 14.2 Å². The van der Waals surface area contributed by atoms with E-state index in [-0.39, 0.29) is 98.1 Å². The van der Waals surface area contributed by atoms with E-state index in [1.807, 2.05) is 12.1 Å². The maximum absolute atomic E-state index is 13.0. The Morgan fingerprint density at radius 2 is 0.520 bits per heavy atom. The van der Waals surface area contributed by atoms with Crippen LogP contribution in [-0.4, -0.2) is 54.5 Å². The molecule has 9 aliphatic rings. The van der Waals surface area contributed by atoms with Crippen LogP contribution >= 0.6 is 0 Å². The van der Waals surface area contributed by atoms with Crippen LogP contribution in [0.2, 0.25) is 0 Å². The van der Waals surface area contributed by atoms with Gasteiger partial charge in [-0.25, -0.2) is 14.4 Å². The van der Waals surface area contributed by atoms with Gasteiger partial charge in [0.25, 0.3) is 0 Å². The van der Waals surface area contributed by atoms with Gasteiger partial charge in [0.2, 0.25) is 0 Å². The fraction of sp³-hybridized carbons (Fsp3) is 0.330. The normalized spacial score (nSPS) is 22.0. The standard InChI is InChI=1S/C33H37O3S.C31H33O3S.C29H33O3S.C19H17S/c1-22-14-30(37(28-10-6-4-7-11-28)29-12-8-5-9-13-29)15-23(2)32(22)35-21-31(34)36-33(3)26-17-24-16-25(19-26)20-27(33)18-24;1-31(24-17-22-16-23(19-24)20-25(31)18-22)34-30(32)21-33-26-12-14-29(15-13-26)35(27-8-4-2-5-9-27)28-10-6-3-7-11-28;1-4-29(17-11-12-18-29)32-27(30)21-31-28-22(2)19-26(20-23(28)3)33(24-13-7-5-8-14-24)25-15-9-6-10-16-25;1-16-12-14-19(15-13-16)20(17-8-4-2-5-9-17)18-10-6-3-7-11-18/h4-15,24-27H,16-21H2,1-3H3;2-15,22-25H,16-21H2,1H3;5-10,13-16,19-20H,4,11-12,17-18,21H2,1-3H3;2-15H,1H3/q4*+1. The summed E-state index contributed by atoms with van der Waals surface area (Å²) < 4.78 is 36.3. The molecule has 9 saturated carbocycles. The number of carbonyl (C=O) groups excluding carboxylic acids is 3. The van der Waals surface area contributed by atoms with Crippen molar-refractivity contribution < 1.29 is 42.8 Å². The molecule has 0 spiro atoms. The zero-order chi connectivity index (χ0) is 86.4. The van der Waals surface area contributed by atoms with Gasteiger partial charge in [-0.2, -0.15) is 0 Å². The summed E-state index contributed by atoms with van der Waals surface area (Å²) in [6.45, 7) is 16.7. The van der Waals surface area contributed by atoms with E-state index in [1.54, 1.807) is 0 Å². The molecule has 12 aromatic carbocycles. The minimum Gasteiger partial charge on any atom is -0.482 e. The van der Waals surface area contributed by atoms with Crippen molar-refractivity contribution in [3.05, 3.63) is 343 Å². The summed E-state index contributed by atoms with van der Waals surface area (Å²) in [5.41, 5.74) is 4.56. The van der Waals surface area contributed by atoms with Crippen LogP contribution in [-0.2, 0) is 72.2 Å². The lowest BCUT2D eigenvalue weighted by Crippen LogP contribution is -2.58. The van der Waals surface area contributed by atoms with Crippen molar-refractivity contribution in [1.82, 2.24) is 0 Å². The highest BCUT2D eigenvalue weighted by molar-refractivity contribution is 7.98. The Morgan fingerprint density at radius 1 is 0.288 bits per heavy atom. The van der Waals surface area contributed by atoms with Crippen molar-refractivity contribution in [1.29, 1.82) is 0 Å². The number of hydrogen-bond donors (Lipinski definition) is 0. The third-order valence-electron chi connectivity index (χ3n) is 27.2. The minimum atomic E-state index is -0.318. The van der Waals surface area contributed by atoms with Crippen molar-refractivity contribution in [3.8, 4) is 17.2 Å². The Bertz CT molecular complexity index is 5270. The Kier molecular flexibility index (Phi) is 28.7. The van der Waals surface area contributed by atoms with Crippen LogP contribution in [0.4, 0.5) is 0 Å². The van der Waals surface area contributed by atoms with E-state index in [0.717, 1.165) is 89.5 Å². The molecule has 0 heterocycles. The smallest absolute Gasteiger partial charge is 0.344 e. The Morgan fingerprint density at radius 3 is 0.784 bits per heavy atom. The minimum absolute atomic E-state index is 0.0229. The molecule has 0 atom stereocenters. The van der Waals surface area contributed by atoms with Crippen LogP contribution in [0.25, 0.3) is 0 Å². The molecule has 0 unspecified atom stereocenters. The predicted octanol–water partition coefficient (Wildman–Crippen LogP) is 26.6. The number of rotatable bonds is 25. The second-order valence-electron chi connectivity index (χ2n) is 35.8. The molecular formula is C112H120O9S4+4. The monoisotopic (exact) mass is 1740 g/mol. The summed E-state index contributed by atoms with van der Waals surface area (Å²) in [5.74, 6) is 7.03. The van der Waals surface area contributed by atoms with E-state index in [0.29, 0.717) is 29.4 Å². The number of benzene rings is 12. The number of aryl methyl sites for hydroxylation is 5. The molecular weight excluding hydrogens is 1620 g/mol. The molecule has 0 amide bonds. The van der Waals surface area contributed by atoms with E-state index in [4.69, 9.17) is 28.4 Å². The van der Waals surface area contributed by atoms with Crippen molar-refractivity contribution in [2.75, 3.05) is 19.8 Å². The van der Waals surface area contributed by atoms with Gasteiger partial charge in [0, 0.05) is 24.3 Å². The summed E-state index contributed by atoms with van der Waals surface area (Å²) in [6, 6.07) is 111. The quantitative estimate of drug-likeness (QED) is 0.0314. The number of carbonyl (C=O) groups is 3. The van der Waals surface area contributed by atoms with Gasteiger partial charge in [-0.05, 0) is 348 Å². The summed E-state index contributed by atoms with van der Waals surface area (Å²) in [7, 11) is -0.648. The van der Waals surface area contributed by atoms with Crippen LogP contribution in [0, 0.1) is 82.0 Å². The Labute approximate surface area is 753 Å². The van der Waals surface area contributed by atoms with E-state index >= 15 is 0 Å². The zero-order valence-electron chi connectivity index (χ0n) is 73.7. The third-order valence-corrected chi connectivity index (χ3v) is 36.0. The largest absolute Gasteiger partial charge is 0.482 e. The maximum atomic E-state index is 13.0. The lowest BCUT2D eigenvalue weighted by atomic mass is 9.50. The second kappa shape index (κ2) is 40.7. The molecule has 125 heavy (non-hydrogen) atoms. The lowest BCUT2D eigenvalue weighted by Gasteiger charge is -2.59. The zero-order valence-corrected chi connectivity index (χ0v) is 76.9. The van der Waals surface area contributed by atoms with Crippen LogP contribution in [0.3, 0.4) is 0 Å². The first-order valence-corrected chi connectivity index (χ1v) is 50.0. The second-order valence-corrected chi connectivity index (χ2v) is 43.9. The Balaban J connectivity index is 0.000000125. The van der Waals surface area contributed by atoms with E-state index in [1.165, 1.54) is 129 Å². The summed E-state index contributed by atoms with van der Waals surface area (Å²) in [6.07, 6.45) is 17.6. The molecule has 8 bridgehead atoms. The van der Waals surface area contributed by atoms with Crippen molar-refractivity contribution in [3.63, 3.8) is 0 Å².